The van der Waals surface area contributed by atoms with Crippen molar-refractivity contribution in [3.63, 3.8) is 0 Å². The van der Waals surface area contributed by atoms with Crippen LogP contribution in [0, 0.1) is 11.8 Å². The molecule has 2 atom stereocenters. The highest BCUT2D eigenvalue weighted by Gasteiger charge is 2.12. The molecule has 0 spiro atoms. The summed E-state index contributed by atoms with van der Waals surface area (Å²) in [5.41, 5.74) is 0. The lowest BCUT2D eigenvalue weighted by atomic mass is 9.85. The van der Waals surface area contributed by atoms with Crippen molar-refractivity contribution in [3.8, 4) is 0 Å². The third-order valence-corrected chi connectivity index (χ3v) is 2.31. The van der Waals surface area contributed by atoms with Crippen LogP contribution in [-0.2, 0) is 0 Å². The van der Waals surface area contributed by atoms with E-state index in [4.69, 9.17) is 0 Å². The van der Waals surface area contributed by atoms with Gasteiger partial charge in [0.15, 0.2) is 0 Å². The second-order valence-corrected chi connectivity index (χ2v) is 3.55. The van der Waals surface area contributed by atoms with Crippen LogP contribution >= 0.6 is 0 Å². The van der Waals surface area contributed by atoms with Gasteiger partial charge in [-0.2, -0.15) is 0 Å². The van der Waals surface area contributed by atoms with Gasteiger partial charge in [-0.3, -0.25) is 0 Å². The summed E-state index contributed by atoms with van der Waals surface area (Å²) in [5.74, 6) is 1.83. The fourth-order valence-corrected chi connectivity index (χ4v) is 1.78. The van der Waals surface area contributed by atoms with Crippen LogP contribution in [0.15, 0.2) is 12.2 Å². The molecule has 0 saturated heterocycles. The van der Waals surface area contributed by atoms with E-state index in [1.54, 1.807) is 0 Å². The van der Waals surface area contributed by atoms with Crippen molar-refractivity contribution in [1.29, 1.82) is 0 Å². The first-order chi connectivity index (χ1) is 4.83. The second kappa shape index (κ2) is 3.80. The normalized spacial score (nSPS) is 32.6. The molecule has 58 valence electrons. The number of hydrogen-bond donors (Lipinski definition) is 0. The smallest absolute Gasteiger partial charge is 0.0231 e. The van der Waals surface area contributed by atoms with Crippen LogP contribution in [0.5, 0.6) is 0 Å². The molecule has 0 bridgehead atoms. The first-order valence-corrected chi connectivity index (χ1v) is 4.49. The first kappa shape index (κ1) is 7.84. The van der Waals surface area contributed by atoms with Crippen LogP contribution in [0.4, 0.5) is 0 Å². The van der Waals surface area contributed by atoms with Crippen molar-refractivity contribution < 1.29 is 0 Å². The zero-order chi connectivity index (χ0) is 7.40. The number of allylic oxidation sites excluding steroid dienone is 2. The predicted octanol–water partition coefficient (Wildman–Crippen LogP) is 3.39. The van der Waals surface area contributed by atoms with Gasteiger partial charge in [0.2, 0.25) is 0 Å². The Labute approximate surface area is 64.3 Å². The summed E-state index contributed by atoms with van der Waals surface area (Å²) >= 11 is 0. The summed E-state index contributed by atoms with van der Waals surface area (Å²) in [4.78, 5) is 0. The monoisotopic (exact) mass is 138 g/mol. The van der Waals surface area contributed by atoms with E-state index in [9.17, 15) is 0 Å². The molecule has 1 aliphatic carbocycles. The standard InChI is InChI=1S/C10H18/c1-3-5-10-7-4-6-9(2)8-10/h4,7,9-10H,3,5-6,8H2,1-2H3/t9-,10+/m0/s1. The Morgan fingerprint density at radius 1 is 1.50 bits per heavy atom. The highest BCUT2D eigenvalue weighted by atomic mass is 14.2. The SMILES string of the molecule is CCC[C@@H]1C=CC[C@H](C)C1. The minimum Gasteiger partial charge on any atom is -0.0880 e. The van der Waals surface area contributed by atoms with Crippen LogP contribution in [0.1, 0.15) is 39.5 Å². The van der Waals surface area contributed by atoms with Gasteiger partial charge < -0.3 is 0 Å². The quantitative estimate of drug-likeness (QED) is 0.513. The Morgan fingerprint density at radius 3 is 2.90 bits per heavy atom. The van der Waals surface area contributed by atoms with Gasteiger partial charge in [0.1, 0.15) is 0 Å². The fraction of sp³-hybridized carbons (Fsp3) is 0.800. The van der Waals surface area contributed by atoms with E-state index in [1.807, 2.05) is 0 Å². The lowest BCUT2D eigenvalue weighted by Crippen LogP contribution is -2.07. The Kier molecular flexibility index (Phi) is 2.98. The Morgan fingerprint density at radius 2 is 2.30 bits per heavy atom. The third kappa shape index (κ3) is 2.17. The summed E-state index contributed by atoms with van der Waals surface area (Å²) in [5, 5.41) is 0. The van der Waals surface area contributed by atoms with Crippen LogP contribution < -0.4 is 0 Å². The molecule has 0 aromatic rings. The summed E-state index contributed by atoms with van der Waals surface area (Å²) in [6, 6.07) is 0. The van der Waals surface area contributed by atoms with Gasteiger partial charge in [-0.15, -0.1) is 0 Å². The van der Waals surface area contributed by atoms with Crippen LogP contribution in [0.25, 0.3) is 0 Å². The summed E-state index contributed by atoms with van der Waals surface area (Å²) < 4.78 is 0. The molecular weight excluding hydrogens is 120 g/mol. The van der Waals surface area contributed by atoms with E-state index >= 15 is 0 Å². The van der Waals surface area contributed by atoms with Gasteiger partial charge in [-0.1, -0.05) is 32.4 Å². The molecule has 0 amide bonds. The summed E-state index contributed by atoms with van der Waals surface area (Å²) in [6.07, 6.45) is 10.2. The predicted molar refractivity (Wildman–Crippen MR) is 45.9 cm³/mol. The van der Waals surface area contributed by atoms with Crippen molar-refractivity contribution in [3.05, 3.63) is 12.2 Å². The number of hydrogen-bond acceptors (Lipinski definition) is 0. The van der Waals surface area contributed by atoms with Crippen molar-refractivity contribution in [2.24, 2.45) is 11.8 Å². The molecule has 0 saturated carbocycles. The van der Waals surface area contributed by atoms with E-state index in [2.05, 4.69) is 26.0 Å². The van der Waals surface area contributed by atoms with Gasteiger partial charge in [-0.25, -0.2) is 0 Å². The molecule has 10 heavy (non-hydrogen) atoms. The summed E-state index contributed by atoms with van der Waals surface area (Å²) in [6.45, 7) is 4.62. The van der Waals surface area contributed by atoms with Gasteiger partial charge in [0.25, 0.3) is 0 Å². The number of rotatable bonds is 2. The fourth-order valence-electron chi connectivity index (χ4n) is 1.78. The molecule has 0 heterocycles. The van der Waals surface area contributed by atoms with E-state index in [0.717, 1.165) is 11.8 Å². The molecule has 0 unspecified atom stereocenters. The lowest BCUT2D eigenvalue weighted by Gasteiger charge is -2.20. The minimum atomic E-state index is 0.897. The van der Waals surface area contributed by atoms with Crippen molar-refractivity contribution in [2.75, 3.05) is 0 Å². The van der Waals surface area contributed by atoms with Crippen molar-refractivity contribution in [2.45, 2.75) is 39.5 Å². The molecule has 1 aliphatic rings. The molecule has 0 aromatic heterocycles. The molecular formula is C10H18. The van der Waals surface area contributed by atoms with Crippen LogP contribution in [-0.4, -0.2) is 0 Å². The van der Waals surface area contributed by atoms with Crippen molar-refractivity contribution in [1.82, 2.24) is 0 Å². The van der Waals surface area contributed by atoms with Crippen LogP contribution in [0.3, 0.4) is 0 Å². The van der Waals surface area contributed by atoms with Crippen molar-refractivity contribution >= 4 is 0 Å². The highest BCUT2D eigenvalue weighted by Crippen LogP contribution is 2.25. The van der Waals surface area contributed by atoms with E-state index < -0.39 is 0 Å². The van der Waals surface area contributed by atoms with Gasteiger partial charge in [-0.05, 0) is 31.1 Å². The molecule has 0 fully saturated rings. The Bertz CT molecular complexity index is 113. The van der Waals surface area contributed by atoms with E-state index in [-0.39, 0.29) is 0 Å². The molecule has 0 aliphatic heterocycles. The van der Waals surface area contributed by atoms with Gasteiger partial charge in [0, 0.05) is 0 Å². The Hall–Kier alpha value is -0.260. The molecule has 0 heteroatoms. The van der Waals surface area contributed by atoms with E-state index in [1.165, 1.54) is 25.7 Å². The Balaban J connectivity index is 2.32. The maximum atomic E-state index is 2.41. The zero-order valence-electron chi connectivity index (χ0n) is 7.14. The summed E-state index contributed by atoms with van der Waals surface area (Å²) in [7, 11) is 0. The third-order valence-electron chi connectivity index (χ3n) is 2.31. The van der Waals surface area contributed by atoms with Gasteiger partial charge in [0.05, 0.1) is 0 Å². The van der Waals surface area contributed by atoms with Crippen LogP contribution in [0.2, 0.25) is 0 Å². The zero-order valence-corrected chi connectivity index (χ0v) is 7.14. The molecule has 0 N–H and O–H groups in total. The lowest BCUT2D eigenvalue weighted by molar-refractivity contribution is 0.406. The van der Waals surface area contributed by atoms with E-state index in [0.29, 0.717) is 0 Å². The highest BCUT2D eigenvalue weighted by molar-refractivity contribution is 4.94. The molecule has 1 rings (SSSR count). The average Bonchev–Trinajstić information content (AvgIpc) is 1.88. The van der Waals surface area contributed by atoms with Gasteiger partial charge >= 0.3 is 0 Å². The topological polar surface area (TPSA) is 0 Å². The molecule has 0 radical (unpaired) electrons. The second-order valence-electron chi connectivity index (χ2n) is 3.55. The molecule has 0 nitrogen and oxygen atoms in total. The minimum absolute atomic E-state index is 0.897. The first-order valence-electron chi connectivity index (χ1n) is 4.49. The molecule has 0 aromatic carbocycles. The average molecular weight is 138 g/mol. The largest absolute Gasteiger partial charge is 0.0880 e. The maximum absolute atomic E-state index is 2.41. The maximum Gasteiger partial charge on any atom is -0.0231 e.